The average Bonchev–Trinajstić information content (AvgIpc) is 3.08. The number of anilines is 1. The second-order valence-corrected chi connectivity index (χ2v) is 7.27. The molecule has 1 aliphatic rings. The Hall–Kier alpha value is -2.83. The van der Waals surface area contributed by atoms with E-state index in [1.807, 2.05) is 19.1 Å². The highest BCUT2D eigenvalue weighted by Crippen LogP contribution is 2.22. The van der Waals surface area contributed by atoms with E-state index in [-0.39, 0.29) is 23.8 Å². The summed E-state index contributed by atoms with van der Waals surface area (Å²) in [4.78, 5) is 28.1. The van der Waals surface area contributed by atoms with Gasteiger partial charge in [-0.3, -0.25) is 4.79 Å². The number of urea groups is 1. The molecule has 3 rings (SSSR count). The molecule has 1 aromatic carbocycles. The van der Waals surface area contributed by atoms with Crippen molar-refractivity contribution in [2.24, 2.45) is 0 Å². The Labute approximate surface area is 164 Å². The highest BCUT2D eigenvalue weighted by molar-refractivity contribution is 5.89. The van der Waals surface area contributed by atoms with E-state index in [1.165, 1.54) is 6.07 Å². The van der Waals surface area contributed by atoms with Crippen LogP contribution >= 0.6 is 0 Å². The summed E-state index contributed by atoms with van der Waals surface area (Å²) in [5.74, 6) is 1.16. The van der Waals surface area contributed by atoms with Gasteiger partial charge in [-0.25, -0.2) is 9.18 Å². The zero-order chi connectivity index (χ0) is 20.3. The Morgan fingerprint density at radius 2 is 1.93 bits per heavy atom. The molecule has 28 heavy (non-hydrogen) atoms. The molecule has 2 heterocycles. The maximum absolute atomic E-state index is 13.8. The fourth-order valence-corrected chi connectivity index (χ4v) is 3.46. The van der Waals surface area contributed by atoms with Crippen LogP contribution in [-0.2, 0) is 11.3 Å². The second-order valence-electron chi connectivity index (χ2n) is 7.27. The van der Waals surface area contributed by atoms with Crippen LogP contribution in [0.3, 0.4) is 0 Å². The van der Waals surface area contributed by atoms with Crippen molar-refractivity contribution in [1.82, 2.24) is 9.80 Å². The number of carbonyl (C=O) groups is 2. The van der Waals surface area contributed by atoms with Crippen LogP contribution in [0.5, 0.6) is 0 Å². The molecule has 0 saturated carbocycles. The van der Waals surface area contributed by atoms with Crippen molar-refractivity contribution in [2.75, 3.05) is 18.4 Å². The monoisotopic (exact) mass is 387 g/mol. The van der Waals surface area contributed by atoms with Crippen LogP contribution in [0, 0.1) is 19.7 Å². The van der Waals surface area contributed by atoms with Crippen molar-refractivity contribution < 1.29 is 18.4 Å². The first-order valence-corrected chi connectivity index (χ1v) is 9.48. The minimum absolute atomic E-state index is 0.0312. The summed E-state index contributed by atoms with van der Waals surface area (Å²) in [5.41, 5.74) is 0.937. The zero-order valence-electron chi connectivity index (χ0n) is 16.5. The topological polar surface area (TPSA) is 65.8 Å². The molecule has 1 aliphatic heterocycles. The Bertz CT molecular complexity index is 856. The molecular formula is C21H26FN3O3. The molecule has 0 atom stereocenters. The smallest absolute Gasteiger partial charge is 0.322 e. The summed E-state index contributed by atoms with van der Waals surface area (Å²) >= 11 is 0. The van der Waals surface area contributed by atoms with Gasteiger partial charge in [-0.05, 0) is 56.5 Å². The SMILES string of the molecule is CC(=O)N1CCC(N(Cc2ccc(C)o2)C(=O)Nc2ccc(C)c(F)c2)CC1. The van der Waals surface area contributed by atoms with E-state index >= 15 is 0 Å². The lowest BCUT2D eigenvalue weighted by molar-refractivity contribution is -0.130. The van der Waals surface area contributed by atoms with E-state index in [4.69, 9.17) is 4.42 Å². The minimum atomic E-state index is -0.360. The molecule has 0 bridgehead atoms. The van der Waals surface area contributed by atoms with Crippen molar-refractivity contribution in [3.05, 3.63) is 53.2 Å². The Morgan fingerprint density at radius 3 is 2.50 bits per heavy atom. The molecule has 1 aromatic heterocycles. The van der Waals surface area contributed by atoms with Crippen molar-refractivity contribution in [2.45, 2.75) is 46.2 Å². The number of benzene rings is 1. The first kappa shape index (κ1) is 19.9. The van der Waals surface area contributed by atoms with Gasteiger partial charge in [0.05, 0.1) is 6.54 Å². The van der Waals surface area contributed by atoms with Crippen LogP contribution < -0.4 is 5.32 Å². The van der Waals surface area contributed by atoms with Gasteiger partial charge in [0.15, 0.2) is 0 Å². The number of hydrogen-bond acceptors (Lipinski definition) is 3. The third kappa shape index (κ3) is 4.71. The maximum atomic E-state index is 13.8. The standard InChI is InChI=1S/C21H26FN3O3/c1-14-4-6-17(12-20(14)22)23-21(27)25(13-19-7-5-15(2)28-19)18-8-10-24(11-9-18)16(3)26/h4-7,12,18H,8-11,13H2,1-3H3,(H,23,27). The maximum Gasteiger partial charge on any atom is 0.322 e. The number of amides is 3. The summed E-state index contributed by atoms with van der Waals surface area (Å²) in [7, 11) is 0. The van der Waals surface area contributed by atoms with Gasteiger partial charge >= 0.3 is 6.03 Å². The zero-order valence-corrected chi connectivity index (χ0v) is 16.5. The Morgan fingerprint density at radius 1 is 1.21 bits per heavy atom. The third-order valence-corrected chi connectivity index (χ3v) is 5.16. The number of halogens is 1. The number of hydrogen-bond donors (Lipinski definition) is 1. The van der Waals surface area contributed by atoms with Gasteiger partial charge in [-0.15, -0.1) is 0 Å². The normalized spacial score (nSPS) is 14.8. The van der Waals surface area contributed by atoms with Gasteiger partial charge in [0.25, 0.3) is 0 Å². The molecule has 1 saturated heterocycles. The number of furan rings is 1. The molecule has 0 radical (unpaired) electrons. The predicted octanol–water partition coefficient (Wildman–Crippen LogP) is 4.08. The lowest BCUT2D eigenvalue weighted by Gasteiger charge is -2.38. The van der Waals surface area contributed by atoms with Crippen LogP contribution in [0.15, 0.2) is 34.7 Å². The highest BCUT2D eigenvalue weighted by atomic mass is 19.1. The number of nitrogens with one attached hydrogen (secondary N) is 1. The first-order valence-electron chi connectivity index (χ1n) is 9.48. The van der Waals surface area contributed by atoms with Gasteiger partial charge in [0.2, 0.25) is 5.91 Å². The van der Waals surface area contributed by atoms with E-state index in [0.29, 0.717) is 49.5 Å². The lowest BCUT2D eigenvalue weighted by Crippen LogP contribution is -2.49. The summed E-state index contributed by atoms with van der Waals surface area (Å²) in [6.45, 7) is 6.63. The molecule has 2 aromatic rings. The van der Waals surface area contributed by atoms with Crippen LogP contribution in [0.2, 0.25) is 0 Å². The largest absolute Gasteiger partial charge is 0.464 e. The van der Waals surface area contributed by atoms with Crippen molar-refractivity contribution in [1.29, 1.82) is 0 Å². The molecule has 1 N–H and O–H groups in total. The lowest BCUT2D eigenvalue weighted by atomic mass is 10.0. The summed E-state index contributed by atoms with van der Waals surface area (Å²) < 4.78 is 19.5. The van der Waals surface area contributed by atoms with E-state index < -0.39 is 0 Å². The predicted molar refractivity (Wildman–Crippen MR) is 104 cm³/mol. The Balaban J connectivity index is 1.75. The number of aryl methyl sites for hydroxylation is 2. The Kier molecular flexibility index (Phi) is 6.02. The first-order chi connectivity index (χ1) is 13.3. The van der Waals surface area contributed by atoms with Gasteiger partial charge in [-0.2, -0.15) is 0 Å². The molecule has 0 unspecified atom stereocenters. The van der Waals surface area contributed by atoms with Gasteiger partial charge in [-0.1, -0.05) is 6.07 Å². The minimum Gasteiger partial charge on any atom is -0.464 e. The van der Waals surface area contributed by atoms with E-state index in [0.717, 1.165) is 5.76 Å². The van der Waals surface area contributed by atoms with Crippen molar-refractivity contribution >= 4 is 17.6 Å². The second kappa shape index (κ2) is 8.46. The van der Waals surface area contributed by atoms with Gasteiger partial charge in [0.1, 0.15) is 17.3 Å². The third-order valence-electron chi connectivity index (χ3n) is 5.16. The molecular weight excluding hydrogens is 361 g/mol. The average molecular weight is 387 g/mol. The summed E-state index contributed by atoms with van der Waals surface area (Å²) in [5, 5.41) is 2.79. The molecule has 6 nitrogen and oxygen atoms in total. The fourth-order valence-electron chi connectivity index (χ4n) is 3.46. The molecule has 1 fully saturated rings. The van der Waals surface area contributed by atoms with Crippen LogP contribution in [0.4, 0.5) is 14.9 Å². The summed E-state index contributed by atoms with van der Waals surface area (Å²) in [6, 6.07) is 8.02. The highest BCUT2D eigenvalue weighted by Gasteiger charge is 2.29. The fraction of sp³-hybridized carbons (Fsp3) is 0.429. The molecule has 3 amide bonds. The van der Waals surface area contributed by atoms with Crippen LogP contribution in [0.1, 0.15) is 36.8 Å². The molecule has 150 valence electrons. The van der Waals surface area contributed by atoms with Gasteiger partial charge in [0, 0.05) is 31.7 Å². The van der Waals surface area contributed by atoms with E-state index in [1.54, 1.807) is 35.8 Å². The summed E-state index contributed by atoms with van der Waals surface area (Å²) in [6.07, 6.45) is 1.38. The number of likely N-dealkylation sites (tertiary alicyclic amines) is 1. The number of piperidine rings is 1. The number of nitrogens with zero attached hydrogens (tertiary/aromatic N) is 2. The molecule has 0 spiro atoms. The van der Waals surface area contributed by atoms with Crippen molar-refractivity contribution in [3.8, 4) is 0 Å². The number of rotatable bonds is 4. The number of carbonyl (C=O) groups excluding carboxylic acids is 2. The van der Waals surface area contributed by atoms with E-state index in [9.17, 15) is 14.0 Å². The van der Waals surface area contributed by atoms with Gasteiger partial charge < -0.3 is 19.5 Å². The van der Waals surface area contributed by atoms with Crippen LogP contribution in [0.25, 0.3) is 0 Å². The molecule has 7 heteroatoms. The molecule has 0 aliphatic carbocycles. The van der Waals surface area contributed by atoms with Crippen LogP contribution in [-0.4, -0.2) is 40.9 Å². The van der Waals surface area contributed by atoms with E-state index in [2.05, 4.69) is 5.32 Å². The van der Waals surface area contributed by atoms with Crippen molar-refractivity contribution in [3.63, 3.8) is 0 Å². The quantitative estimate of drug-likeness (QED) is 0.860.